The van der Waals surface area contributed by atoms with Crippen molar-refractivity contribution in [1.82, 2.24) is 10.3 Å². The number of hydrogen-bond acceptors (Lipinski definition) is 7. The summed E-state index contributed by atoms with van der Waals surface area (Å²) < 4.78 is 18.3. The van der Waals surface area contributed by atoms with Gasteiger partial charge in [0.2, 0.25) is 5.91 Å². The number of carbonyl (C=O) groups is 3. The lowest BCUT2D eigenvalue weighted by Gasteiger charge is -2.25. The minimum absolute atomic E-state index is 0.0268. The van der Waals surface area contributed by atoms with Crippen LogP contribution in [0.3, 0.4) is 0 Å². The van der Waals surface area contributed by atoms with Gasteiger partial charge in [0.1, 0.15) is 11.5 Å². The summed E-state index contributed by atoms with van der Waals surface area (Å²) in [5, 5.41) is 19.5. The van der Waals surface area contributed by atoms with E-state index in [1.54, 1.807) is 19.9 Å². The molecule has 0 spiro atoms. The minimum Gasteiger partial charge on any atom is -0.463 e. The average molecular weight is 484 g/mol. The highest BCUT2D eigenvalue weighted by atomic mass is 19.1. The summed E-state index contributed by atoms with van der Waals surface area (Å²) in [6.45, 7) is 3.38. The van der Waals surface area contributed by atoms with Crippen LogP contribution in [0.2, 0.25) is 0 Å². The Hall–Kier alpha value is -4.15. The first-order valence-electron chi connectivity index (χ1n) is 11.0. The molecule has 0 saturated heterocycles. The lowest BCUT2D eigenvalue weighted by molar-refractivity contribution is -0.385. The van der Waals surface area contributed by atoms with Crippen molar-refractivity contribution in [3.05, 3.63) is 75.6 Å². The van der Waals surface area contributed by atoms with E-state index in [0.717, 1.165) is 5.01 Å². The molecule has 2 aromatic rings. The molecule has 35 heavy (non-hydrogen) atoms. The van der Waals surface area contributed by atoms with Crippen molar-refractivity contribution in [1.29, 1.82) is 0 Å². The summed E-state index contributed by atoms with van der Waals surface area (Å²) in [6, 6.07) is 10.3. The van der Waals surface area contributed by atoms with Gasteiger partial charge in [-0.1, -0.05) is 30.3 Å². The second kappa shape index (κ2) is 11.3. The Morgan fingerprint density at radius 3 is 2.51 bits per heavy atom. The SMILES string of the molecule is CC(C)OC(=O)CC(NC(=O)C1=NN(Cc2ccc(F)cc2)C(=O)CC1)c1ccccc1[N+](=O)[O-]. The van der Waals surface area contributed by atoms with Gasteiger partial charge in [-0.15, -0.1) is 0 Å². The minimum atomic E-state index is -1.05. The normalized spacial score (nSPS) is 14.3. The molecule has 0 bridgehead atoms. The van der Waals surface area contributed by atoms with E-state index < -0.39 is 34.8 Å². The number of halogens is 1. The Morgan fingerprint density at radius 2 is 1.86 bits per heavy atom. The number of rotatable bonds is 9. The smallest absolute Gasteiger partial charge is 0.308 e. The van der Waals surface area contributed by atoms with Crippen molar-refractivity contribution in [2.75, 3.05) is 0 Å². The molecule has 0 saturated carbocycles. The molecule has 0 aliphatic carbocycles. The van der Waals surface area contributed by atoms with E-state index in [2.05, 4.69) is 10.4 Å². The van der Waals surface area contributed by atoms with Crippen LogP contribution in [0.25, 0.3) is 0 Å². The van der Waals surface area contributed by atoms with Crippen LogP contribution in [-0.4, -0.2) is 39.5 Å². The predicted octanol–water partition coefficient (Wildman–Crippen LogP) is 3.41. The number of para-hydroxylation sites is 1. The molecule has 1 aliphatic rings. The lowest BCUT2D eigenvalue weighted by Crippen LogP contribution is -2.40. The van der Waals surface area contributed by atoms with Crippen molar-refractivity contribution in [2.24, 2.45) is 5.10 Å². The molecule has 2 amide bonds. The van der Waals surface area contributed by atoms with Crippen LogP contribution in [0.4, 0.5) is 10.1 Å². The van der Waals surface area contributed by atoms with Gasteiger partial charge in [-0.2, -0.15) is 5.10 Å². The van der Waals surface area contributed by atoms with Crippen LogP contribution in [0, 0.1) is 15.9 Å². The fourth-order valence-electron chi connectivity index (χ4n) is 3.56. The number of esters is 1. The second-order valence-electron chi connectivity index (χ2n) is 8.21. The van der Waals surface area contributed by atoms with Crippen molar-refractivity contribution < 1.29 is 28.4 Å². The number of nitrogens with zero attached hydrogens (tertiary/aromatic N) is 3. The van der Waals surface area contributed by atoms with Gasteiger partial charge in [-0.25, -0.2) is 9.40 Å². The van der Waals surface area contributed by atoms with E-state index >= 15 is 0 Å². The van der Waals surface area contributed by atoms with Crippen LogP contribution in [0.5, 0.6) is 0 Å². The number of nitrogens with one attached hydrogen (secondary N) is 1. The zero-order chi connectivity index (χ0) is 25.5. The highest BCUT2D eigenvalue weighted by Gasteiger charge is 2.30. The van der Waals surface area contributed by atoms with Crippen molar-refractivity contribution in [3.63, 3.8) is 0 Å². The van der Waals surface area contributed by atoms with E-state index in [-0.39, 0.29) is 48.7 Å². The lowest BCUT2D eigenvalue weighted by atomic mass is 10.0. The number of hydrogen-bond donors (Lipinski definition) is 1. The maximum atomic E-state index is 13.2. The number of carbonyl (C=O) groups excluding carboxylic acids is 3. The molecule has 184 valence electrons. The van der Waals surface area contributed by atoms with Crippen molar-refractivity contribution in [3.8, 4) is 0 Å². The summed E-state index contributed by atoms with van der Waals surface area (Å²) in [7, 11) is 0. The maximum Gasteiger partial charge on any atom is 0.308 e. The Morgan fingerprint density at radius 1 is 1.17 bits per heavy atom. The van der Waals surface area contributed by atoms with Crippen LogP contribution < -0.4 is 5.32 Å². The van der Waals surface area contributed by atoms with Gasteiger partial charge in [0.15, 0.2) is 0 Å². The number of amides is 2. The molecule has 10 nitrogen and oxygen atoms in total. The van der Waals surface area contributed by atoms with Crippen LogP contribution in [0.1, 0.15) is 50.3 Å². The molecule has 1 N–H and O–H groups in total. The van der Waals surface area contributed by atoms with Gasteiger partial charge in [0, 0.05) is 18.9 Å². The average Bonchev–Trinajstić information content (AvgIpc) is 2.80. The molecule has 1 atom stereocenters. The maximum absolute atomic E-state index is 13.2. The van der Waals surface area contributed by atoms with Gasteiger partial charge in [-0.3, -0.25) is 24.5 Å². The summed E-state index contributed by atoms with van der Waals surface area (Å²) in [6.07, 6.45) is -0.650. The van der Waals surface area contributed by atoms with Crippen molar-refractivity contribution in [2.45, 2.75) is 51.8 Å². The zero-order valence-corrected chi connectivity index (χ0v) is 19.3. The first kappa shape index (κ1) is 25.5. The first-order chi connectivity index (χ1) is 16.6. The number of nitro benzene ring substituents is 1. The predicted molar refractivity (Wildman–Crippen MR) is 123 cm³/mol. The number of benzene rings is 2. The third kappa shape index (κ3) is 6.92. The summed E-state index contributed by atoms with van der Waals surface area (Å²) in [4.78, 5) is 48.7. The molecule has 0 radical (unpaired) electrons. The van der Waals surface area contributed by atoms with Gasteiger partial charge < -0.3 is 10.1 Å². The third-order valence-electron chi connectivity index (χ3n) is 5.16. The monoisotopic (exact) mass is 484 g/mol. The molecule has 1 heterocycles. The quantitative estimate of drug-likeness (QED) is 0.330. The molecule has 1 aliphatic heterocycles. The fraction of sp³-hybridized carbons (Fsp3) is 0.333. The molecule has 0 aromatic heterocycles. The summed E-state index contributed by atoms with van der Waals surface area (Å²) in [5.74, 6) is -2.02. The summed E-state index contributed by atoms with van der Waals surface area (Å²) in [5.41, 5.74) is 0.544. The van der Waals surface area contributed by atoms with Gasteiger partial charge in [0.25, 0.3) is 11.6 Å². The van der Waals surface area contributed by atoms with Crippen LogP contribution in [0.15, 0.2) is 53.6 Å². The zero-order valence-electron chi connectivity index (χ0n) is 19.3. The number of ether oxygens (including phenoxy) is 1. The number of nitro groups is 1. The fourth-order valence-corrected chi connectivity index (χ4v) is 3.56. The highest BCUT2D eigenvalue weighted by molar-refractivity contribution is 6.39. The Labute approximate surface area is 200 Å². The molecule has 3 rings (SSSR count). The molecular formula is C24H25FN4O6. The van der Waals surface area contributed by atoms with Crippen molar-refractivity contribution >= 4 is 29.2 Å². The van der Waals surface area contributed by atoms with E-state index in [1.165, 1.54) is 42.5 Å². The Kier molecular flexibility index (Phi) is 8.24. The topological polar surface area (TPSA) is 131 Å². The van der Waals surface area contributed by atoms with Gasteiger partial charge >= 0.3 is 5.97 Å². The number of hydrazone groups is 1. The molecule has 2 aromatic carbocycles. The van der Waals surface area contributed by atoms with E-state index in [1.807, 2.05) is 0 Å². The van der Waals surface area contributed by atoms with Crippen LogP contribution >= 0.6 is 0 Å². The third-order valence-corrected chi connectivity index (χ3v) is 5.16. The largest absolute Gasteiger partial charge is 0.463 e. The molecule has 1 unspecified atom stereocenters. The van der Waals surface area contributed by atoms with Gasteiger partial charge in [-0.05, 0) is 31.5 Å². The molecule has 11 heteroatoms. The Balaban J connectivity index is 1.84. The van der Waals surface area contributed by atoms with Crippen LogP contribution in [-0.2, 0) is 25.7 Å². The van der Waals surface area contributed by atoms with E-state index in [9.17, 15) is 28.9 Å². The van der Waals surface area contributed by atoms with Gasteiger partial charge in [0.05, 0.1) is 35.6 Å². The second-order valence-corrected chi connectivity index (χ2v) is 8.21. The summed E-state index contributed by atoms with van der Waals surface area (Å²) >= 11 is 0. The Bertz CT molecular complexity index is 1150. The van der Waals surface area contributed by atoms with E-state index in [4.69, 9.17) is 4.74 Å². The first-order valence-corrected chi connectivity index (χ1v) is 11.0. The molecule has 0 fully saturated rings. The standard InChI is InChI=1S/C24H25FN4O6/c1-15(2)35-23(31)13-20(18-5-3-4-6-21(18)29(33)34)26-24(32)19-11-12-22(30)28(27-19)14-16-7-9-17(25)10-8-16/h3-10,15,20H,11-14H2,1-2H3,(H,26,32). The highest BCUT2D eigenvalue weighted by Crippen LogP contribution is 2.28. The van der Waals surface area contributed by atoms with E-state index in [0.29, 0.717) is 5.56 Å². The molecular weight excluding hydrogens is 459 g/mol.